The van der Waals surface area contributed by atoms with Crippen molar-refractivity contribution in [2.75, 3.05) is 13.3 Å². The minimum Gasteiger partial charge on any atom is -0.454 e. The van der Waals surface area contributed by atoms with Crippen LogP contribution in [0.4, 0.5) is 0 Å². The molecule has 1 aliphatic heterocycles. The average Bonchev–Trinajstić information content (AvgIpc) is 2.65. The van der Waals surface area contributed by atoms with E-state index in [0.29, 0.717) is 16.8 Å². The molecule has 4 heteroatoms. The van der Waals surface area contributed by atoms with Crippen molar-refractivity contribution in [2.45, 2.75) is 26.3 Å². The molecule has 1 N–H and O–H groups in total. The number of rotatable bonds is 4. The van der Waals surface area contributed by atoms with Crippen molar-refractivity contribution < 1.29 is 9.47 Å². The van der Waals surface area contributed by atoms with Gasteiger partial charge in [-0.15, -0.1) is 0 Å². The molecule has 0 aliphatic carbocycles. The molecule has 1 aliphatic rings. The molecule has 0 fully saturated rings. The van der Waals surface area contributed by atoms with Crippen LogP contribution in [0.25, 0.3) is 0 Å². The van der Waals surface area contributed by atoms with Crippen LogP contribution in [0.2, 0.25) is 5.02 Å². The van der Waals surface area contributed by atoms with E-state index in [0.717, 1.165) is 18.7 Å². The summed E-state index contributed by atoms with van der Waals surface area (Å²) in [6.45, 7) is 5.47. The lowest BCUT2D eigenvalue weighted by atomic mass is 10.1. The van der Waals surface area contributed by atoms with E-state index >= 15 is 0 Å². The maximum Gasteiger partial charge on any atom is 0.231 e. The Balaban J connectivity index is 2.03. The van der Waals surface area contributed by atoms with Crippen molar-refractivity contribution in [3.05, 3.63) is 22.7 Å². The SMILES string of the molecule is CC(C)NCCc1cc(Cl)c2c(c1)OCO2. The fraction of sp³-hybridized carbons (Fsp3) is 0.500. The van der Waals surface area contributed by atoms with Crippen molar-refractivity contribution >= 4 is 11.6 Å². The number of hydrogen-bond donors (Lipinski definition) is 1. The zero-order valence-electron chi connectivity index (χ0n) is 9.55. The molecule has 1 heterocycles. The Bertz CT molecular complexity index is 380. The number of hydrogen-bond acceptors (Lipinski definition) is 3. The van der Waals surface area contributed by atoms with Gasteiger partial charge in [-0.25, -0.2) is 0 Å². The monoisotopic (exact) mass is 241 g/mol. The summed E-state index contributed by atoms with van der Waals surface area (Å²) in [6.07, 6.45) is 0.939. The van der Waals surface area contributed by atoms with Crippen molar-refractivity contribution in [1.82, 2.24) is 5.32 Å². The highest BCUT2D eigenvalue weighted by molar-refractivity contribution is 6.32. The standard InChI is InChI=1S/C12H16ClNO2/c1-8(2)14-4-3-9-5-10(13)12-11(6-9)15-7-16-12/h5-6,8,14H,3-4,7H2,1-2H3. The van der Waals surface area contributed by atoms with E-state index in [-0.39, 0.29) is 6.79 Å². The molecule has 1 aromatic carbocycles. The Morgan fingerprint density at radius 3 is 2.94 bits per heavy atom. The quantitative estimate of drug-likeness (QED) is 0.879. The van der Waals surface area contributed by atoms with Crippen LogP contribution in [-0.4, -0.2) is 19.4 Å². The Morgan fingerprint density at radius 2 is 2.19 bits per heavy atom. The number of nitrogens with one attached hydrogen (secondary N) is 1. The number of halogens is 1. The number of benzene rings is 1. The van der Waals surface area contributed by atoms with E-state index in [9.17, 15) is 0 Å². The lowest BCUT2D eigenvalue weighted by Gasteiger charge is -2.08. The maximum absolute atomic E-state index is 6.09. The molecule has 0 unspecified atom stereocenters. The fourth-order valence-corrected chi connectivity index (χ4v) is 1.96. The molecule has 1 aromatic rings. The first-order valence-corrected chi connectivity index (χ1v) is 5.86. The lowest BCUT2D eigenvalue weighted by Crippen LogP contribution is -2.24. The predicted molar refractivity (Wildman–Crippen MR) is 64.4 cm³/mol. The van der Waals surface area contributed by atoms with E-state index in [2.05, 4.69) is 19.2 Å². The van der Waals surface area contributed by atoms with Crippen molar-refractivity contribution in [2.24, 2.45) is 0 Å². The van der Waals surface area contributed by atoms with E-state index in [1.807, 2.05) is 12.1 Å². The summed E-state index contributed by atoms with van der Waals surface area (Å²) in [7, 11) is 0. The van der Waals surface area contributed by atoms with Gasteiger partial charge in [0.05, 0.1) is 5.02 Å². The summed E-state index contributed by atoms with van der Waals surface area (Å²) >= 11 is 6.09. The van der Waals surface area contributed by atoms with Crippen LogP contribution >= 0.6 is 11.6 Å². The molecular formula is C12H16ClNO2. The molecular weight excluding hydrogens is 226 g/mol. The molecule has 3 nitrogen and oxygen atoms in total. The summed E-state index contributed by atoms with van der Waals surface area (Å²) in [5, 5.41) is 4.00. The van der Waals surface area contributed by atoms with Gasteiger partial charge in [-0.2, -0.15) is 0 Å². The first-order chi connectivity index (χ1) is 7.66. The predicted octanol–water partition coefficient (Wildman–Crippen LogP) is 2.61. The molecule has 0 atom stereocenters. The largest absolute Gasteiger partial charge is 0.454 e. The average molecular weight is 242 g/mol. The number of ether oxygens (including phenoxy) is 2. The van der Waals surface area contributed by atoms with Crippen molar-refractivity contribution in [3.8, 4) is 11.5 Å². The third-order valence-corrected chi connectivity index (χ3v) is 2.73. The molecule has 0 bridgehead atoms. The van der Waals surface area contributed by atoms with Crippen molar-refractivity contribution in [3.63, 3.8) is 0 Å². The van der Waals surface area contributed by atoms with Gasteiger partial charge < -0.3 is 14.8 Å². The normalized spacial score (nSPS) is 13.5. The third kappa shape index (κ3) is 2.60. The minimum absolute atomic E-state index is 0.267. The zero-order chi connectivity index (χ0) is 11.5. The molecule has 88 valence electrons. The zero-order valence-corrected chi connectivity index (χ0v) is 10.3. The van der Waals surface area contributed by atoms with E-state index < -0.39 is 0 Å². The highest BCUT2D eigenvalue weighted by Crippen LogP contribution is 2.39. The van der Waals surface area contributed by atoms with Gasteiger partial charge >= 0.3 is 0 Å². The van der Waals surface area contributed by atoms with Crippen molar-refractivity contribution in [1.29, 1.82) is 0 Å². The van der Waals surface area contributed by atoms with Crippen LogP contribution in [0.3, 0.4) is 0 Å². The van der Waals surface area contributed by atoms with E-state index in [4.69, 9.17) is 21.1 Å². The Morgan fingerprint density at radius 1 is 1.38 bits per heavy atom. The van der Waals surface area contributed by atoms with Crippen LogP contribution in [0.5, 0.6) is 11.5 Å². The number of fused-ring (bicyclic) bond motifs is 1. The molecule has 0 radical (unpaired) electrons. The highest BCUT2D eigenvalue weighted by Gasteiger charge is 2.17. The van der Waals surface area contributed by atoms with Crippen LogP contribution in [0, 0.1) is 0 Å². The second-order valence-corrected chi connectivity index (χ2v) is 4.58. The smallest absolute Gasteiger partial charge is 0.231 e. The van der Waals surface area contributed by atoms with Gasteiger partial charge in [0, 0.05) is 6.04 Å². The summed E-state index contributed by atoms with van der Waals surface area (Å²) in [4.78, 5) is 0. The molecule has 0 amide bonds. The van der Waals surface area contributed by atoms with Gasteiger partial charge in [0.15, 0.2) is 11.5 Å². The van der Waals surface area contributed by atoms with Gasteiger partial charge in [0.25, 0.3) is 0 Å². The summed E-state index contributed by atoms with van der Waals surface area (Å²) in [5.74, 6) is 1.43. The molecule has 0 saturated heterocycles. The lowest BCUT2D eigenvalue weighted by molar-refractivity contribution is 0.174. The second-order valence-electron chi connectivity index (χ2n) is 4.17. The van der Waals surface area contributed by atoms with E-state index in [1.54, 1.807) is 0 Å². The van der Waals surface area contributed by atoms with Gasteiger partial charge in [-0.3, -0.25) is 0 Å². The Kier molecular flexibility index (Phi) is 3.56. The molecule has 2 rings (SSSR count). The van der Waals surface area contributed by atoms with Crippen LogP contribution in [0.15, 0.2) is 12.1 Å². The summed E-state index contributed by atoms with van der Waals surface area (Å²) in [6, 6.07) is 4.44. The minimum atomic E-state index is 0.267. The second kappa shape index (κ2) is 4.93. The summed E-state index contributed by atoms with van der Waals surface area (Å²) in [5.41, 5.74) is 1.17. The first kappa shape index (κ1) is 11.6. The van der Waals surface area contributed by atoms with E-state index in [1.165, 1.54) is 5.56 Å². The molecule has 0 saturated carbocycles. The van der Waals surface area contributed by atoms with Gasteiger partial charge in [-0.05, 0) is 30.7 Å². The Hall–Kier alpha value is -0.930. The van der Waals surface area contributed by atoms with Crippen LogP contribution < -0.4 is 14.8 Å². The molecule has 0 spiro atoms. The summed E-state index contributed by atoms with van der Waals surface area (Å²) < 4.78 is 10.6. The van der Waals surface area contributed by atoms with Gasteiger partial charge in [-0.1, -0.05) is 25.4 Å². The molecule has 0 aromatic heterocycles. The Labute approximate surface area is 101 Å². The topological polar surface area (TPSA) is 30.5 Å². The van der Waals surface area contributed by atoms with Crippen LogP contribution in [0.1, 0.15) is 19.4 Å². The maximum atomic E-state index is 6.09. The fourth-order valence-electron chi connectivity index (χ4n) is 1.67. The molecule has 16 heavy (non-hydrogen) atoms. The highest BCUT2D eigenvalue weighted by atomic mass is 35.5. The van der Waals surface area contributed by atoms with Gasteiger partial charge in [0.1, 0.15) is 0 Å². The van der Waals surface area contributed by atoms with Crippen LogP contribution in [-0.2, 0) is 6.42 Å². The van der Waals surface area contributed by atoms with Gasteiger partial charge in [0.2, 0.25) is 6.79 Å². The third-order valence-electron chi connectivity index (χ3n) is 2.45. The first-order valence-electron chi connectivity index (χ1n) is 5.48.